The summed E-state index contributed by atoms with van der Waals surface area (Å²) in [6.45, 7) is 5.94. The van der Waals surface area contributed by atoms with Gasteiger partial charge in [0.25, 0.3) is 0 Å². The van der Waals surface area contributed by atoms with Gasteiger partial charge in [-0.3, -0.25) is 9.88 Å². The van der Waals surface area contributed by atoms with E-state index in [1.165, 1.54) is 24.8 Å². The smallest absolute Gasteiger partial charge is 0.0964 e. The molecule has 0 amide bonds. The van der Waals surface area contributed by atoms with Gasteiger partial charge in [-0.2, -0.15) is 0 Å². The van der Waals surface area contributed by atoms with Crippen LogP contribution < -0.4 is 0 Å². The van der Waals surface area contributed by atoms with Crippen molar-refractivity contribution in [2.24, 2.45) is 11.8 Å². The molecule has 4 nitrogen and oxygen atoms in total. The van der Waals surface area contributed by atoms with Crippen LogP contribution >= 0.6 is 0 Å². The van der Waals surface area contributed by atoms with Crippen molar-refractivity contribution in [3.63, 3.8) is 0 Å². The lowest BCUT2D eigenvalue weighted by molar-refractivity contribution is -0.139. The highest BCUT2D eigenvalue weighted by Gasteiger charge is 2.52. The van der Waals surface area contributed by atoms with Crippen LogP contribution in [0, 0.1) is 11.8 Å². The number of aromatic nitrogens is 1. The van der Waals surface area contributed by atoms with Crippen LogP contribution in [0.4, 0.5) is 0 Å². The van der Waals surface area contributed by atoms with E-state index in [1.807, 2.05) is 18.5 Å². The predicted molar refractivity (Wildman–Crippen MR) is 84.5 cm³/mol. The van der Waals surface area contributed by atoms with Crippen molar-refractivity contribution in [2.45, 2.75) is 37.8 Å². The molecule has 3 aliphatic rings. The molecular formula is C18H26N2O2. The first kappa shape index (κ1) is 14.6. The van der Waals surface area contributed by atoms with Crippen LogP contribution in [0.25, 0.3) is 0 Å². The molecule has 0 radical (unpaired) electrons. The molecule has 0 bridgehead atoms. The van der Waals surface area contributed by atoms with E-state index >= 15 is 0 Å². The fourth-order valence-corrected chi connectivity index (χ4v) is 3.87. The zero-order chi connectivity index (χ0) is 14.8. The van der Waals surface area contributed by atoms with Gasteiger partial charge in [0.1, 0.15) is 0 Å². The van der Waals surface area contributed by atoms with Gasteiger partial charge in [0.15, 0.2) is 0 Å². The summed E-state index contributed by atoms with van der Waals surface area (Å²) in [5, 5.41) is 0. The number of rotatable bonds is 7. The molecule has 2 aliphatic heterocycles. The number of ether oxygens (including phenoxy) is 2. The van der Waals surface area contributed by atoms with Crippen LogP contribution in [0.2, 0.25) is 0 Å². The fraction of sp³-hybridized carbons (Fsp3) is 0.722. The lowest BCUT2D eigenvalue weighted by Gasteiger charge is -2.50. The summed E-state index contributed by atoms with van der Waals surface area (Å²) in [6.07, 6.45) is 8.91. The summed E-state index contributed by atoms with van der Waals surface area (Å²) in [7, 11) is 0. The van der Waals surface area contributed by atoms with Crippen molar-refractivity contribution >= 4 is 0 Å². The Morgan fingerprint density at radius 3 is 3.00 bits per heavy atom. The topological polar surface area (TPSA) is 34.6 Å². The fourth-order valence-electron chi connectivity index (χ4n) is 3.87. The molecule has 22 heavy (non-hydrogen) atoms. The predicted octanol–water partition coefficient (Wildman–Crippen LogP) is 2.49. The van der Waals surface area contributed by atoms with Crippen LogP contribution in [0.1, 0.15) is 31.2 Å². The van der Waals surface area contributed by atoms with Crippen molar-refractivity contribution < 1.29 is 9.47 Å². The molecule has 1 atom stereocenters. The molecule has 1 saturated carbocycles. The minimum atomic E-state index is 0.116. The highest BCUT2D eigenvalue weighted by atomic mass is 16.5. The average molecular weight is 302 g/mol. The highest BCUT2D eigenvalue weighted by molar-refractivity contribution is 5.12. The van der Waals surface area contributed by atoms with Crippen molar-refractivity contribution in [3.05, 3.63) is 30.1 Å². The largest absolute Gasteiger partial charge is 0.381 e. The van der Waals surface area contributed by atoms with Gasteiger partial charge in [0.05, 0.1) is 5.60 Å². The molecule has 1 spiro atoms. The van der Waals surface area contributed by atoms with Gasteiger partial charge in [-0.1, -0.05) is 6.07 Å². The molecule has 3 fully saturated rings. The number of likely N-dealkylation sites (tertiary alicyclic amines) is 1. The Kier molecular flexibility index (Phi) is 4.16. The van der Waals surface area contributed by atoms with E-state index < -0.39 is 0 Å². The van der Waals surface area contributed by atoms with E-state index in [-0.39, 0.29) is 5.60 Å². The Morgan fingerprint density at radius 1 is 1.32 bits per heavy atom. The summed E-state index contributed by atoms with van der Waals surface area (Å²) in [5.74, 6) is 1.55. The zero-order valence-electron chi connectivity index (χ0n) is 13.2. The van der Waals surface area contributed by atoms with Gasteiger partial charge < -0.3 is 9.47 Å². The molecular weight excluding hydrogens is 276 g/mol. The van der Waals surface area contributed by atoms with Crippen molar-refractivity contribution in [3.8, 4) is 0 Å². The zero-order valence-corrected chi connectivity index (χ0v) is 13.2. The maximum atomic E-state index is 6.13. The second-order valence-electron chi connectivity index (χ2n) is 7.21. The van der Waals surface area contributed by atoms with Crippen LogP contribution in [-0.2, 0) is 16.0 Å². The van der Waals surface area contributed by atoms with Gasteiger partial charge in [-0.15, -0.1) is 0 Å². The first-order valence-electron chi connectivity index (χ1n) is 8.67. The standard InChI is InChI=1S/C18H26N2O2/c1-2-16(10-19-7-1)11-20-13-18(14-20)17(6-9-22-18)5-8-21-12-15-3-4-15/h1-2,7,10,15,17H,3-6,8-9,11-14H2/t17-/m1/s1. The normalized spacial score (nSPS) is 27.2. The van der Waals surface area contributed by atoms with Crippen molar-refractivity contribution in [1.29, 1.82) is 0 Å². The Balaban J connectivity index is 1.23. The Labute approximate surface area is 132 Å². The average Bonchev–Trinajstić information content (AvgIpc) is 3.24. The van der Waals surface area contributed by atoms with Crippen molar-refractivity contribution in [1.82, 2.24) is 9.88 Å². The maximum Gasteiger partial charge on any atom is 0.0964 e. The Morgan fingerprint density at radius 2 is 2.23 bits per heavy atom. The van der Waals surface area contributed by atoms with E-state index in [9.17, 15) is 0 Å². The molecule has 4 rings (SSSR count). The minimum Gasteiger partial charge on any atom is -0.381 e. The summed E-state index contributed by atoms with van der Waals surface area (Å²) in [5.41, 5.74) is 1.41. The third-order valence-electron chi connectivity index (χ3n) is 5.37. The number of hydrogen-bond donors (Lipinski definition) is 0. The van der Waals surface area contributed by atoms with Crippen LogP contribution in [0.5, 0.6) is 0 Å². The van der Waals surface area contributed by atoms with Crippen LogP contribution in [0.15, 0.2) is 24.5 Å². The molecule has 0 unspecified atom stereocenters. The molecule has 1 aliphatic carbocycles. The number of hydrogen-bond acceptors (Lipinski definition) is 4. The van der Waals surface area contributed by atoms with Gasteiger partial charge in [-0.05, 0) is 49.1 Å². The lowest BCUT2D eigenvalue weighted by Crippen LogP contribution is -2.64. The molecule has 1 aromatic heterocycles. The molecule has 1 aromatic rings. The monoisotopic (exact) mass is 302 g/mol. The summed E-state index contributed by atoms with van der Waals surface area (Å²) in [4.78, 5) is 6.67. The quantitative estimate of drug-likeness (QED) is 0.725. The minimum absolute atomic E-state index is 0.116. The number of pyridine rings is 1. The van der Waals surface area contributed by atoms with Crippen molar-refractivity contribution in [2.75, 3.05) is 32.9 Å². The second kappa shape index (κ2) is 6.26. The molecule has 2 saturated heterocycles. The first-order chi connectivity index (χ1) is 10.8. The Bertz CT molecular complexity index is 483. The molecule has 3 heterocycles. The maximum absolute atomic E-state index is 6.13. The molecule has 4 heteroatoms. The van der Waals surface area contributed by atoms with E-state index in [4.69, 9.17) is 9.47 Å². The second-order valence-corrected chi connectivity index (χ2v) is 7.21. The third-order valence-corrected chi connectivity index (χ3v) is 5.37. The third kappa shape index (κ3) is 3.19. The molecule has 0 aromatic carbocycles. The van der Waals surface area contributed by atoms with Gasteiger partial charge in [0.2, 0.25) is 0 Å². The highest BCUT2D eigenvalue weighted by Crippen LogP contribution is 2.42. The SMILES string of the molecule is c1cncc(CN2CC3(C2)OCC[C@H]3CCOCC2CC2)c1. The van der Waals surface area contributed by atoms with E-state index in [1.54, 1.807) is 0 Å². The van der Waals surface area contributed by atoms with E-state index in [0.29, 0.717) is 5.92 Å². The van der Waals surface area contributed by atoms with Crippen LogP contribution in [0.3, 0.4) is 0 Å². The summed E-state index contributed by atoms with van der Waals surface area (Å²) < 4.78 is 12.0. The van der Waals surface area contributed by atoms with Gasteiger partial charge >= 0.3 is 0 Å². The van der Waals surface area contributed by atoms with E-state index in [2.05, 4.69) is 16.0 Å². The molecule has 0 N–H and O–H groups in total. The van der Waals surface area contributed by atoms with Gasteiger partial charge in [-0.25, -0.2) is 0 Å². The first-order valence-corrected chi connectivity index (χ1v) is 8.67. The molecule has 120 valence electrons. The van der Waals surface area contributed by atoms with E-state index in [0.717, 1.165) is 51.8 Å². The Hall–Kier alpha value is -0.970. The summed E-state index contributed by atoms with van der Waals surface area (Å²) in [6, 6.07) is 4.16. The van der Waals surface area contributed by atoms with Crippen LogP contribution in [-0.4, -0.2) is 48.4 Å². The summed E-state index contributed by atoms with van der Waals surface area (Å²) >= 11 is 0. The lowest BCUT2D eigenvalue weighted by atomic mass is 9.79. The number of nitrogens with zero attached hydrogens (tertiary/aromatic N) is 2. The van der Waals surface area contributed by atoms with Gasteiger partial charge in [0, 0.05) is 51.8 Å².